The maximum absolute atomic E-state index is 5.59. The summed E-state index contributed by atoms with van der Waals surface area (Å²) in [5.74, 6) is 1.54. The minimum absolute atomic E-state index is 0.652. The van der Waals surface area contributed by atoms with Crippen molar-refractivity contribution in [2.75, 3.05) is 18.5 Å². The minimum Gasteiger partial charge on any atom is -0.407 e. The summed E-state index contributed by atoms with van der Waals surface area (Å²) in [6.45, 7) is 1.74. The van der Waals surface area contributed by atoms with Gasteiger partial charge in [-0.05, 0) is 31.6 Å². The average Bonchev–Trinajstić information content (AvgIpc) is 3.18. The molecule has 0 unspecified atom stereocenters. The van der Waals surface area contributed by atoms with Crippen LogP contribution in [-0.2, 0) is 6.54 Å². The molecule has 2 fully saturated rings. The van der Waals surface area contributed by atoms with Crippen molar-refractivity contribution >= 4 is 6.01 Å². The lowest BCUT2D eigenvalue weighted by molar-refractivity contribution is 0.463. The summed E-state index contributed by atoms with van der Waals surface area (Å²) in [6, 6.07) is 1.33. The van der Waals surface area contributed by atoms with Crippen LogP contribution in [0.2, 0.25) is 0 Å². The van der Waals surface area contributed by atoms with Crippen LogP contribution in [-0.4, -0.2) is 29.8 Å². The zero-order chi connectivity index (χ0) is 11.0. The fourth-order valence-electron chi connectivity index (χ4n) is 1.76. The summed E-state index contributed by atoms with van der Waals surface area (Å²) in [6.07, 6.45) is 5.24. The van der Waals surface area contributed by atoms with Crippen LogP contribution in [0.25, 0.3) is 0 Å². The summed E-state index contributed by atoms with van der Waals surface area (Å²) >= 11 is 0. The van der Waals surface area contributed by atoms with Gasteiger partial charge in [0.1, 0.15) is 0 Å². The first-order valence-electron chi connectivity index (χ1n) is 6.08. The fraction of sp³-hybridized carbons (Fsp3) is 0.818. The van der Waals surface area contributed by atoms with E-state index in [1.807, 2.05) is 7.05 Å². The van der Waals surface area contributed by atoms with E-state index in [-0.39, 0.29) is 0 Å². The molecule has 1 aromatic heterocycles. The van der Waals surface area contributed by atoms with Gasteiger partial charge >= 0.3 is 6.01 Å². The highest BCUT2D eigenvalue weighted by molar-refractivity contribution is 5.22. The van der Waals surface area contributed by atoms with E-state index >= 15 is 0 Å². The Kier molecular flexibility index (Phi) is 2.55. The van der Waals surface area contributed by atoms with Gasteiger partial charge in [-0.25, -0.2) is 0 Å². The third-order valence-electron chi connectivity index (χ3n) is 3.13. The zero-order valence-electron chi connectivity index (χ0n) is 9.65. The lowest BCUT2D eigenvalue weighted by atomic mass is 10.4. The monoisotopic (exact) mass is 222 g/mol. The number of anilines is 1. The fourth-order valence-corrected chi connectivity index (χ4v) is 1.76. The highest BCUT2D eigenvalue weighted by Gasteiger charge is 2.25. The van der Waals surface area contributed by atoms with Gasteiger partial charge in [-0.3, -0.25) is 0 Å². The van der Waals surface area contributed by atoms with Crippen molar-refractivity contribution < 1.29 is 4.42 Å². The number of rotatable bonds is 6. The van der Waals surface area contributed by atoms with Crippen molar-refractivity contribution in [1.82, 2.24) is 15.5 Å². The summed E-state index contributed by atoms with van der Waals surface area (Å²) in [5.41, 5.74) is 0. The molecule has 16 heavy (non-hydrogen) atoms. The van der Waals surface area contributed by atoms with Gasteiger partial charge in [0, 0.05) is 19.6 Å². The Balaban J connectivity index is 1.52. The molecule has 5 nitrogen and oxygen atoms in total. The third-order valence-corrected chi connectivity index (χ3v) is 3.13. The van der Waals surface area contributed by atoms with Crippen molar-refractivity contribution in [1.29, 1.82) is 0 Å². The first-order chi connectivity index (χ1) is 7.81. The summed E-state index contributed by atoms with van der Waals surface area (Å²) < 4.78 is 5.59. The molecule has 3 rings (SSSR count). The largest absolute Gasteiger partial charge is 0.407 e. The van der Waals surface area contributed by atoms with Crippen LogP contribution in [0, 0.1) is 5.92 Å². The van der Waals surface area contributed by atoms with Gasteiger partial charge in [0.15, 0.2) is 0 Å². The van der Waals surface area contributed by atoms with Gasteiger partial charge in [0.2, 0.25) is 5.89 Å². The number of nitrogens with zero attached hydrogens (tertiary/aromatic N) is 3. The van der Waals surface area contributed by atoms with Crippen molar-refractivity contribution in [3.8, 4) is 0 Å². The lowest BCUT2D eigenvalue weighted by Gasteiger charge is -2.12. The Bertz CT molecular complexity index is 357. The van der Waals surface area contributed by atoms with Gasteiger partial charge in [-0.1, -0.05) is 5.10 Å². The second-order valence-electron chi connectivity index (χ2n) is 4.96. The van der Waals surface area contributed by atoms with E-state index in [1.54, 1.807) is 0 Å². The van der Waals surface area contributed by atoms with Crippen molar-refractivity contribution in [3.05, 3.63) is 5.89 Å². The van der Waals surface area contributed by atoms with Crippen molar-refractivity contribution in [3.63, 3.8) is 0 Å². The molecule has 88 valence electrons. The molecule has 1 aromatic rings. The zero-order valence-corrected chi connectivity index (χ0v) is 9.65. The molecule has 0 radical (unpaired) electrons. The smallest absolute Gasteiger partial charge is 0.317 e. The minimum atomic E-state index is 0.652. The molecule has 0 spiro atoms. The maximum atomic E-state index is 5.59. The number of nitrogens with one attached hydrogen (secondary N) is 1. The molecule has 2 aliphatic rings. The molecular formula is C11H18N4O. The topological polar surface area (TPSA) is 54.2 Å². The molecule has 2 saturated carbocycles. The van der Waals surface area contributed by atoms with E-state index in [9.17, 15) is 0 Å². The summed E-state index contributed by atoms with van der Waals surface area (Å²) in [7, 11) is 2.02. The second kappa shape index (κ2) is 4.05. The molecule has 1 heterocycles. The normalized spacial score (nSPS) is 20.1. The van der Waals surface area contributed by atoms with E-state index in [0.29, 0.717) is 24.5 Å². The summed E-state index contributed by atoms with van der Waals surface area (Å²) in [4.78, 5) is 2.06. The Morgan fingerprint density at radius 1 is 1.31 bits per heavy atom. The molecule has 0 amide bonds. The van der Waals surface area contributed by atoms with Gasteiger partial charge in [0.05, 0.1) is 6.54 Å². The Morgan fingerprint density at radius 2 is 2.12 bits per heavy atom. The Labute approximate surface area is 95.2 Å². The predicted octanol–water partition coefficient (Wildman–Crippen LogP) is 1.17. The average molecular weight is 222 g/mol. The first kappa shape index (κ1) is 10.1. The van der Waals surface area contributed by atoms with Crippen LogP contribution >= 0.6 is 0 Å². The second-order valence-corrected chi connectivity index (χ2v) is 4.96. The molecule has 2 aliphatic carbocycles. The van der Waals surface area contributed by atoms with Crippen LogP contribution in [0.3, 0.4) is 0 Å². The number of hydrogen-bond acceptors (Lipinski definition) is 5. The van der Waals surface area contributed by atoms with Crippen molar-refractivity contribution in [2.45, 2.75) is 38.3 Å². The van der Waals surface area contributed by atoms with E-state index in [1.165, 1.54) is 25.7 Å². The number of hydrogen-bond donors (Lipinski definition) is 1. The lowest BCUT2D eigenvalue weighted by Crippen LogP contribution is -2.20. The standard InChI is InChI=1S/C11H18N4O/c1-15(7-8-2-3-8)11-14-13-10(16-11)6-12-9-4-5-9/h8-9,12H,2-7H2,1H3. The highest BCUT2D eigenvalue weighted by atomic mass is 16.4. The maximum Gasteiger partial charge on any atom is 0.317 e. The van der Waals surface area contributed by atoms with Crippen LogP contribution in [0.5, 0.6) is 0 Å². The Morgan fingerprint density at radius 3 is 2.81 bits per heavy atom. The van der Waals surface area contributed by atoms with Gasteiger partial charge in [0.25, 0.3) is 0 Å². The molecule has 0 aliphatic heterocycles. The van der Waals surface area contributed by atoms with E-state index in [4.69, 9.17) is 4.42 Å². The molecule has 0 aromatic carbocycles. The Hall–Kier alpha value is -1.10. The molecule has 1 N–H and O–H groups in total. The molecule has 5 heteroatoms. The van der Waals surface area contributed by atoms with Gasteiger partial charge < -0.3 is 14.6 Å². The first-order valence-corrected chi connectivity index (χ1v) is 6.08. The number of aromatic nitrogens is 2. The third kappa shape index (κ3) is 2.52. The van der Waals surface area contributed by atoms with Crippen LogP contribution in [0.1, 0.15) is 31.6 Å². The molecule has 0 atom stereocenters. The van der Waals surface area contributed by atoms with Crippen molar-refractivity contribution in [2.24, 2.45) is 5.92 Å². The molecule has 0 saturated heterocycles. The quantitative estimate of drug-likeness (QED) is 0.783. The van der Waals surface area contributed by atoms with Gasteiger partial charge in [-0.2, -0.15) is 0 Å². The van der Waals surface area contributed by atoms with Crippen LogP contribution in [0.15, 0.2) is 4.42 Å². The highest BCUT2D eigenvalue weighted by Crippen LogP contribution is 2.30. The SMILES string of the molecule is CN(CC1CC1)c1nnc(CNC2CC2)o1. The van der Waals surface area contributed by atoms with E-state index in [2.05, 4.69) is 20.4 Å². The predicted molar refractivity (Wildman–Crippen MR) is 60.2 cm³/mol. The summed E-state index contributed by atoms with van der Waals surface area (Å²) in [5, 5.41) is 11.5. The van der Waals surface area contributed by atoms with Crippen LogP contribution in [0.4, 0.5) is 6.01 Å². The van der Waals surface area contributed by atoms with E-state index < -0.39 is 0 Å². The van der Waals surface area contributed by atoms with Gasteiger partial charge in [-0.15, -0.1) is 5.10 Å². The molecular weight excluding hydrogens is 204 g/mol. The molecule has 0 bridgehead atoms. The van der Waals surface area contributed by atoms with E-state index in [0.717, 1.165) is 12.5 Å². The van der Waals surface area contributed by atoms with Crippen LogP contribution < -0.4 is 10.2 Å².